The lowest BCUT2D eigenvalue weighted by atomic mass is 10.1. The van der Waals surface area contributed by atoms with Crippen LogP contribution < -0.4 is 0 Å². The molecular formula is C16H15Cl2NO. The Labute approximate surface area is 128 Å². The zero-order valence-corrected chi connectivity index (χ0v) is 12.5. The van der Waals surface area contributed by atoms with Crippen LogP contribution in [0.3, 0.4) is 0 Å². The van der Waals surface area contributed by atoms with Gasteiger partial charge in [0.1, 0.15) is 0 Å². The monoisotopic (exact) mass is 307 g/mol. The molecule has 1 aromatic carbocycles. The third-order valence-electron chi connectivity index (χ3n) is 3.71. The van der Waals surface area contributed by atoms with Gasteiger partial charge >= 0.3 is 0 Å². The van der Waals surface area contributed by atoms with E-state index in [4.69, 9.17) is 23.2 Å². The van der Waals surface area contributed by atoms with Gasteiger partial charge in [-0.25, -0.2) is 0 Å². The van der Waals surface area contributed by atoms with E-state index >= 15 is 0 Å². The van der Waals surface area contributed by atoms with Crippen LogP contribution in [0, 0.1) is 0 Å². The summed E-state index contributed by atoms with van der Waals surface area (Å²) >= 11 is 12.0. The van der Waals surface area contributed by atoms with Crippen molar-refractivity contribution < 1.29 is 4.79 Å². The molecule has 2 nitrogen and oxygen atoms in total. The summed E-state index contributed by atoms with van der Waals surface area (Å²) in [4.78, 5) is 12.0. The molecule has 0 fully saturated rings. The first-order chi connectivity index (χ1) is 9.63. The Hall–Kier alpha value is -1.25. The van der Waals surface area contributed by atoms with Gasteiger partial charge in [-0.05, 0) is 42.5 Å². The van der Waals surface area contributed by atoms with Crippen LogP contribution >= 0.6 is 23.2 Å². The molecule has 0 atom stereocenters. The number of fused-ring (bicyclic) bond motifs is 1. The number of hydrogen-bond acceptors (Lipinski definition) is 1. The maximum Gasteiger partial charge on any atom is 0.164 e. The van der Waals surface area contributed by atoms with E-state index in [-0.39, 0.29) is 5.78 Å². The highest BCUT2D eigenvalue weighted by molar-refractivity contribution is 6.42. The zero-order valence-electron chi connectivity index (χ0n) is 11.0. The molecule has 0 bridgehead atoms. The molecule has 0 aliphatic heterocycles. The summed E-state index contributed by atoms with van der Waals surface area (Å²) in [6, 6.07) is 5.64. The van der Waals surface area contributed by atoms with E-state index in [2.05, 4.69) is 10.8 Å². The van der Waals surface area contributed by atoms with Crippen LogP contribution in [0.2, 0.25) is 10.0 Å². The van der Waals surface area contributed by atoms with E-state index in [1.807, 2.05) is 18.3 Å². The number of ketones is 1. The van der Waals surface area contributed by atoms with Crippen LogP contribution in [0.4, 0.5) is 0 Å². The van der Waals surface area contributed by atoms with E-state index in [1.54, 1.807) is 6.07 Å². The fourth-order valence-electron chi connectivity index (χ4n) is 2.68. The molecule has 0 radical (unpaired) electrons. The van der Waals surface area contributed by atoms with E-state index in [0.29, 0.717) is 23.0 Å². The number of halogens is 2. The predicted octanol–water partition coefficient (Wildman–Crippen LogP) is 4.75. The highest BCUT2D eigenvalue weighted by Crippen LogP contribution is 2.25. The van der Waals surface area contributed by atoms with Gasteiger partial charge in [0.05, 0.1) is 10.0 Å². The lowest BCUT2D eigenvalue weighted by molar-refractivity contribution is 0.0982. The van der Waals surface area contributed by atoms with Gasteiger partial charge in [-0.2, -0.15) is 0 Å². The second kappa shape index (κ2) is 5.63. The molecule has 0 amide bonds. The van der Waals surface area contributed by atoms with Crippen molar-refractivity contribution in [3.05, 3.63) is 57.3 Å². The Morgan fingerprint density at radius 1 is 1.05 bits per heavy atom. The van der Waals surface area contributed by atoms with Crippen molar-refractivity contribution in [1.29, 1.82) is 0 Å². The van der Waals surface area contributed by atoms with Gasteiger partial charge in [0, 0.05) is 30.9 Å². The van der Waals surface area contributed by atoms with Crippen LogP contribution in [0.25, 0.3) is 0 Å². The molecule has 0 N–H and O–H groups in total. The smallest absolute Gasteiger partial charge is 0.164 e. The second-order valence-corrected chi connectivity index (χ2v) is 6.06. The number of nitrogens with zero attached hydrogens (tertiary/aromatic N) is 1. The molecule has 2 aromatic rings. The van der Waals surface area contributed by atoms with Gasteiger partial charge in [-0.3, -0.25) is 4.79 Å². The third kappa shape index (κ3) is 2.77. The molecule has 20 heavy (non-hydrogen) atoms. The highest BCUT2D eigenvalue weighted by atomic mass is 35.5. The number of carbonyl (C=O) groups excluding carboxylic acids is 1. The van der Waals surface area contributed by atoms with E-state index in [9.17, 15) is 4.79 Å². The molecule has 0 unspecified atom stereocenters. The standard InChI is InChI=1S/C16H15Cl2NO/c17-14-6-5-11(7-15(14)18)8-19-9-12-3-1-2-4-16(20)13(12)10-19/h5-7,9-10H,1-4,8H2. The van der Waals surface area contributed by atoms with Crippen LogP contribution in [-0.2, 0) is 13.0 Å². The molecule has 0 saturated heterocycles. The molecule has 3 rings (SSSR count). The number of rotatable bonds is 2. The minimum atomic E-state index is 0.269. The number of aromatic nitrogens is 1. The van der Waals surface area contributed by atoms with Crippen LogP contribution in [0.15, 0.2) is 30.6 Å². The van der Waals surface area contributed by atoms with Crippen molar-refractivity contribution in [1.82, 2.24) is 4.57 Å². The van der Waals surface area contributed by atoms with Gasteiger partial charge in [0.2, 0.25) is 0 Å². The largest absolute Gasteiger partial charge is 0.349 e. The van der Waals surface area contributed by atoms with Crippen molar-refractivity contribution in [2.75, 3.05) is 0 Å². The van der Waals surface area contributed by atoms with Gasteiger partial charge in [-0.15, -0.1) is 0 Å². The maximum absolute atomic E-state index is 12.0. The van der Waals surface area contributed by atoms with Crippen molar-refractivity contribution in [3.8, 4) is 0 Å². The molecule has 104 valence electrons. The minimum Gasteiger partial charge on any atom is -0.349 e. The minimum absolute atomic E-state index is 0.269. The van der Waals surface area contributed by atoms with Crippen LogP contribution in [-0.4, -0.2) is 10.4 Å². The van der Waals surface area contributed by atoms with Gasteiger partial charge in [0.15, 0.2) is 5.78 Å². The lowest BCUT2D eigenvalue weighted by Crippen LogP contribution is -1.99. The zero-order chi connectivity index (χ0) is 14.1. The van der Waals surface area contributed by atoms with Gasteiger partial charge < -0.3 is 4.57 Å². The predicted molar refractivity (Wildman–Crippen MR) is 81.9 cm³/mol. The van der Waals surface area contributed by atoms with E-state index < -0.39 is 0 Å². The second-order valence-electron chi connectivity index (χ2n) is 5.25. The third-order valence-corrected chi connectivity index (χ3v) is 4.45. The average Bonchev–Trinajstić information content (AvgIpc) is 2.74. The summed E-state index contributed by atoms with van der Waals surface area (Å²) in [6.07, 6.45) is 7.81. The van der Waals surface area contributed by atoms with Crippen molar-refractivity contribution in [2.45, 2.75) is 32.2 Å². The Morgan fingerprint density at radius 2 is 1.85 bits per heavy atom. The summed E-state index contributed by atoms with van der Waals surface area (Å²) in [7, 11) is 0. The van der Waals surface area contributed by atoms with Crippen LogP contribution in [0.1, 0.15) is 40.7 Å². The quantitative estimate of drug-likeness (QED) is 0.734. The van der Waals surface area contributed by atoms with E-state index in [1.165, 1.54) is 5.56 Å². The lowest BCUT2D eigenvalue weighted by Gasteiger charge is -2.05. The van der Waals surface area contributed by atoms with Crippen LogP contribution in [0.5, 0.6) is 0 Å². The highest BCUT2D eigenvalue weighted by Gasteiger charge is 2.17. The number of carbonyl (C=O) groups is 1. The Kier molecular flexibility index (Phi) is 3.86. The number of aryl methyl sites for hydroxylation is 1. The molecule has 1 aromatic heterocycles. The Morgan fingerprint density at radius 3 is 2.65 bits per heavy atom. The van der Waals surface area contributed by atoms with Crippen molar-refractivity contribution >= 4 is 29.0 Å². The maximum atomic E-state index is 12.0. The first kappa shape index (κ1) is 13.7. The fraction of sp³-hybridized carbons (Fsp3) is 0.312. The van der Waals surface area contributed by atoms with Crippen molar-refractivity contribution in [2.24, 2.45) is 0 Å². The molecular weight excluding hydrogens is 293 g/mol. The SMILES string of the molecule is O=C1CCCCc2cn(Cc3ccc(Cl)c(Cl)c3)cc21. The fourth-order valence-corrected chi connectivity index (χ4v) is 3.00. The Bertz CT molecular complexity index is 660. The number of benzene rings is 1. The molecule has 0 saturated carbocycles. The molecule has 0 spiro atoms. The summed E-state index contributed by atoms with van der Waals surface area (Å²) in [5.74, 6) is 0.269. The summed E-state index contributed by atoms with van der Waals surface area (Å²) < 4.78 is 2.06. The molecule has 1 aliphatic rings. The average molecular weight is 308 g/mol. The number of Topliss-reactive ketones (excluding diaryl/α,β-unsaturated/α-hetero) is 1. The normalized spacial score (nSPS) is 15.0. The summed E-state index contributed by atoms with van der Waals surface area (Å²) in [5, 5.41) is 1.13. The Balaban J connectivity index is 1.86. The van der Waals surface area contributed by atoms with Crippen molar-refractivity contribution in [3.63, 3.8) is 0 Å². The number of hydrogen-bond donors (Lipinski definition) is 0. The summed E-state index contributed by atoms with van der Waals surface area (Å²) in [5.41, 5.74) is 3.15. The molecule has 1 aliphatic carbocycles. The van der Waals surface area contributed by atoms with Gasteiger partial charge in [-0.1, -0.05) is 29.3 Å². The van der Waals surface area contributed by atoms with Gasteiger partial charge in [0.25, 0.3) is 0 Å². The van der Waals surface area contributed by atoms with E-state index in [0.717, 1.165) is 30.4 Å². The first-order valence-electron chi connectivity index (χ1n) is 6.79. The topological polar surface area (TPSA) is 22.0 Å². The first-order valence-corrected chi connectivity index (χ1v) is 7.55. The molecule has 4 heteroatoms. The summed E-state index contributed by atoms with van der Waals surface area (Å²) in [6.45, 7) is 0.706. The molecule has 1 heterocycles.